The Labute approximate surface area is 359 Å². The van der Waals surface area contributed by atoms with Crippen molar-refractivity contribution in [1.82, 2.24) is 9.97 Å². The Bertz CT molecular complexity index is 2580. The summed E-state index contributed by atoms with van der Waals surface area (Å²) in [6.07, 6.45) is 3.91. The molecule has 0 atom stereocenters. The molecule has 0 saturated heterocycles. The third-order valence-electron chi connectivity index (χ3n) is 9.37. The maximum absolute atomic E-state index is 12.1. The molecule has 0 unspecified atom stereocenters. The molecule has 0 aliphatic carbocycles. The molecule has 56 heavy (non-hydrogen) atoms. The van der Waals surface area contributed by atoms with E-state index in [1.165, 1.54) is 30.0 Å². The molecule has 0 bridgehead atoms. The fourth-order valence-electron chi connectivity index (χ4n) is 6.53. The van der Waals surface area contributed by atoms with Gasteiger partial charge in [-0.15, -0.1) is 23.5 Å². The molecule has 0 spiro atoms. The summed E-state index contributed by atoms with van der Waals surface area (Å²) in [5.74, 6) is 0.773. The van der Waals surface area contributed by atoms with Crippen molar-refractivity contribution in [3.63, 3.8) is 0 Å². The maximum atomic E-state index is 12.1. The number of carbonyl (C=O) groups is 1. The number of aliphatic hydroxyl groups excluding tert-OH is 1. The number of hydrogen-bond acceptors (Lipinski definition) is 9. The van der Waals surface area contributed by atoms with Gasteiger partial charge in [0.2, 0.25) is 11.8 Å². The topological polar surface area (TPSA) is 98.6 Å². The van der Waals surface area contributed by atoms with Crippen LogP contribution in [0.5, 0.6) is 0 Å². The second kappa shape index (κ2) is 19.1. The van der Waals surface area contributed by atoms with Crippen LogP contribution in [-0.4, -0.2) is 58.0 Å². The number of ether oxygens (including phenoxy) is 1. The number of aromatic nitrogens is 2. The van der Waals surface area contributed by atoms with E-state index in [9.17, 15) is 9.90 Å². The molecule has 11 heteroatoms. The normalized spacial score (nSPS) is 10.7. The molecule has 6 aromatic carbocycles. The van der Waals surface area contributed by atoms with E-state index in [4.69, 9.17) is 13.6 Å². The standard InChI is InChI=1S/C23H19NO3S.C22H19NO2S.Al.Li.4H/c1-14-16(15-8-5-4-6-9-15)10-7-11-17(14)22-24-19-12-18(23(25)26-2)21(28-3)13-20(19)27-22;1-14-17(15-7-4-3-5-8-15)9-6-10-18(14)22-23-19-11-16(13-24)21(26-2)12-20(19)25-22;;;;;;/h4-13H,1-3H3;3-12,24H,13H2,1-2H3;;;;;;/q;;;+1;;;;-1. The van der Waals surface area contributed by atoms with Crippen molar-refractivity contribution in [2.24, 2.45) is 0 Å². The van der Waals surface area contributed by atoms with Gasteiger partial charge in [-0.05, 0) is 102 Å². The average Bonchev–Trinajstić information content (AvgIpc) is 3.84. The third kappa shape index (κ3) is 8.74. The van der Waals surface area contributed by atoms with Crippen LogP contribution in [0.25, 0.3) is 67.4 Å². The van der Waals surface area contributed by atoms with Crippen LogP contribution in [0.4, 0.5) is 0 Å². The number of benzene rings is 6. The fraction of sp³-hybridized carbons (Fsp3) is 0.133. The Balaban J connectivity index is 0.000000241. The minimum absolute atomic E-state index is 0. The van der Waals surface area contributed by atoms with E-state index in [-0.39, 0.29) is 50.2 Å². The zero-order chi connectivity index (χ0) is 37.8. The second-order valence-corrected chi connectivity index (χ2v) is 14.2. The molecule has 1 N–H and O–H groups in total. The molecule has 7 nitrogen and oxygen atoms in total. The number of nitrogens with zero attached hydrogens (tertiary/aromatic N) is 2. The SMILES string of the molecule is COC(=O)c1cc2nc(-c3cccc(-c4ccccc4)c3C)oc2cc1SC.CSc1cc2oc(-c3cccc(-c4ccccc4)c3C)nc2cc1CO.[AlH3].[H-].[Li+]. The van der Waals surface area contributed by atoms with Crippen LogP contribution in [0, 0.1) is 13.8 Å². The summed E-state index contributed by atoms with van der Waals surface area (Å²) in [6.45, 7) is 4.16. The first kappa shape index (κ1) is 42.7. The smallest absolute Gasteiger partial charge is 1.00 e. The van der Waals surface area contributed by atoms with Crippen LogP contribution in [0.15, 0.2) is 140 Å². The Kier molecular flexibility index (Phi) is 14.6. The van der Waals surface area contributed by atoms with Crippen LogP contribution in [-0.2, 0) is 11.3 Å². The number of thioether (sulfide) groups is 2. The first-order valence-corrected chi connectivity index (χ1v) is 19.7. The van der Waals surface area contributed by atoms with E-state index >= 15 is 0 Å². The second-order valence-electron chi connectivity index (χ2n) is 12.5. The van der Waals surface area contributed by atoms with Crippen molar-refractivity contribution < 1.29 is 43.8 Å². The van der Waals surface area contributed by atoms with Crippen molar-refractivity contribution in [3.8, 4) is 45.2 Å². The van der Waals surface area contributed by atoms with Gasteiger partial charge in [0.05, 0.1) is 19.3 Å². The molecule has 8 rings (SSSR count). The Morgan fingerprint density at radius 2 is 1.11 bits per heavy atom. The largest absolute Gasteiger partial charge is 1.00 e. The number of fused-ring (bicyclic) bond motifs is 2. The quantitative estimate of drug-likeness (QED) is 0.0949. The van der Waals surface area contributed by atoms with Gasteiger partial charge < -0.3 is 20.1 Å². The van der Waals surface area contributed by atoms with Crippen molar-refractivity contribution >= 4 is 69.1 Å². The van der Waals surface area contributed by atoms with Crippen LogP contribution in [0.1, 0.15) is 28.5 Å². The first-order chi connectivity index (χ1) is 26.3. The van der Waals surface area contributed by atoms with Gasteiger partial charge in [-0.3, -0.25) is 0 Å². The van der Waals surface area contributed by atoms with Gasteiger partial charge in [-0.2, -0.15) is 0 Å². The molecule has 0 aliphatic rings. The summed E-state index contributed by atoms with van der Waals surface area (Å²) in [4.78, 5) is 23.2. The summed E-state index contributed by atoms with van der Waals surface area (Å²) >= 11 is 3.07. The van der Waals surface area contributed by atoms with Crippen molar-refractivity contribution in [3.05, 3.63) is 144 Å². The van der Waals surface area contributed by atoms with E-state index in [0.717, 1.165) is 59.8 Å². The van der Waals surface area contributed by atoms with Gasteiger partial charge in [-0.1, -0.05) is 84.9 Å². The Morgan fingerprint density at radius 1 is 0.661 bits per heavy atom. The molecule has 8 aromatic rings. The van der Waals surface area contributed by atoms with E-state index in [0.29, 0.717) is 28.4 Å². The molecule has 0 fully saturated rings. The predicted octanol–water partition coefficient (Wildman–Crippen LogP) is 7.60. The number of oxazole rings is 2. The van der Waals surface area contributed by atoms with Gasteiger partial charge in [0.15, 0.2) is 28.5 Å². The van der Waals surface area contributed by atoms with E-state index in [1.54, 1.807) is 17.8 Å². The summed E-state index contributed by atoms with van der Waals surface area (Å²) in [5, 5.41) is 9.57. The third-order valence-corrected chi connectivity index (χ3v) is 11.0. The summed E-state index contributed by atoms with van der Waals surface area (Å²) in [7, 11) is 1.38. The monoisotopic (exact) mass is 788 g/mol. The molecule has 0 amide bonds. The van der Waals surface area contributed by atoms with Crippen LogP contribution in [0.2, 0.25) is 0 Å². The maximum Gasteiger partial charge on any atom is 1.00 e. The van der Waals surface area contributed by atoms with Crippen LogP contribution >= 0.6 is 23.5 Å². The molecular formula is C45H42AlLiN2O5S2. The predicted molar refractivity (Wildman–Crippen MR) is 231 cm³/mol. The van der Waals surface area contributed by atoms with Gasteiger partial charge in [0.25, 0.3) is 0 Å². The van der Waals surface area contributed by atoms with Crippen LogP contribution < -0.4 is 18.9 Å². The summed E-state index contributed by atoms with van der Waals surface area (Å²) in [5.41, 5.74) is 13.0. The number of aliphatic hydroxyl groups is 1. The van der Waals surface area contributed by atoms with E-state index in [1.807, 2.05) is 91.4 Å². The molecule has 0 aliphatic heterocycles. The van der Waals surface area contributed by atoms with Crippen molar-refractivity contribution in [2.75, 3.05) is 19.6 Å². The van der Waals surface area contributed by atoms with Gasteiger partial charge in [0, 0.05) is 20.9 Å². The molecule has 2 heterocycles. The molecule has 278 valence electrons. The Hall–Kier alpha value is -4.48. The number of hydrogen-bond donors (Lipinski definition) is 1. The van der Waals surface area contributed by atoms with E-state index in [2.05, 4.69) is 60.2 Å². The molecular weight excluding hydrogens is 747 g/mol. The van der Waals surface area contributed by atoms with Gasteiger partial charge in [0.1, 0.15) is 11.0 Å². The molecule has 2 aromatic heterocycles. The molecule has 0 radical (unpaired) electrons. The summed E-state index contributed by atoms with van der Waals surface area (Å²) in [6, 6.07) is 40.3. The van der Waals surface area contributed by atoms with E-state index < -0.39 is 0 Å². The first-order valence-electron chi connectivity index (χ1n) is 17.3. The van der Waals surface area contributed by atoms with Crippen LogP contribution in [0.3, 0.4) is 0 Å². The number of methoxy groups -OCH3 is 1. The van der Waals surface area contributed by atoms with Gasteiger partial charge in [-0.25, -0.2) is 14.8 Å². The Morgan fingerprint density at radius 3 is 1.55 bits per heavy atom. The zero-order valence-electron chi connectivity index (χ0n) is 32.5. The fourth-order valence-corrected chi connectivity index (χ4v) is 7.73. The number of esters is 1. The minimum Gasteiger partial charge on any atom is -1.00 e. The average molecular weight is 789 g/mol. The van der Waals surface area contributed by atoms with Crippen molar-refractivity contribution in [2.45, 2.75) is 30.2 Å². The van der Waals surface area contributed by atoms with Gasteiger partial charge >= 0.3 is 24.8 Å². The summed E-state index contributed by atoms with van der Waals surface area (Å²) < 4.78 is 17.0. The number of carbonyl (C=O) groups excluding carboxylic acids is 1. The zero-order valence-corrected chi connectivity index (χ0v) is 33.2. The number of rotatable bonds is 8. The van der Waals surface area contributed by atoms with Crippen molar-refractivity contribution in [1.29, 1.82) is 0 Å². The molecule has 0 saturated carbocycles. The minimum atomic E-state index is -0.377.